The van der Waals surface area contributed by atoms with Gasteiger partial charge in [-0.15, -0.1) is 0 Å². The van der Waals surface area contributed by atoms with Gasteiger partial charge in [0.15, 0.2) is 5.82 Å². The summed E-state index contributed by atoms with van der Waals surface area (Å²) >= 11 is 0. The van der Waals surface area contributed by atoms with Crippen LogP contribution in [0.5, 0.6) is 0 Å². The number of carbonyl (C=O) groups excluding carboxylic acids is 2. The Morgan fingerprint density at radius 2 is 1.97 bits per heavy atom. The van der Waals surface area contributed by atoms with Crippen LogP contribution >= 0.6 is 0 Å². The van der Waals surface area contributed by atoms with Crippen LogP contribution in [0.2, 0.25) is 0 Å². The van der Waals surface area contributed by atoms with Crippen LogP contribution in [-0.4, -0.2) is 60.2 Å². The van der Waals surface area contributed by atoms with Crippen LogP contribution in [0.4, 0.5) is 25.4 Å². The number of methoxy groups -OCH3 is 1. The number of pyridine rings is 1. The molecule has 2 heterocycles. The number of anilines is 2. The minimum absolute atomic E-state index is 0.0915. The number of benzene rings is 1. The maximum Gasteiger partial charge on any atom is 0.409 e. The lowest BCUT2D eigenvalue weighted by Gasteiger charge is -2.33. The van der Waals surface area contributed by atoms with Gasteiger partial charge in [0.25, 0.3) is 0 Å². The third-order valence-electron chi connectivity index (χ3n) is 4.78. The van der Waals surface area contributed by atoms with E-state index in [1.165, 1.54) is 19.4 Å². The van der Waals surface area contributed by atoms with Gasteiger partial charge in [0.2, 0.25) is 0 Å². The van der Waals surface area contributed by atoms with Gasteiger partial charge < -0.3 is 20.3 Å². The summed E-state index contributed by atoms with van der Waals surface area (Å²) < 4.78 is 19.6. The van der Waals surface area contributed by atoms with Crippen molar-refractivity contribution in [2.45, 2.75) is 6.54 Å². The molecule has 1 aromatic heterocycles. The second kappa shape index (κ2) is 9.84. The van der Waals surface area contributed by atoms with Crippen LogP contribution in [0.15, 0.2) is 43.1 Å². The first-order valence-corrected chi connectivity index (χ1v) is 9.49. The molecule has 0 spiro atoms. The van der Waals surface area contributed by atoms with Crippen LogP contribution in [-0.2, 0) is 11.3 Å². The van der Waals surface area contributed by atoms with Gasteiger partial charge in [0.05, 0.1) is 30.4 Å². The number of rotatable bonds is 5. The molecule has 0 radical (unpaired) electrons. The van der Waals surface area contributed by atoms with Gasteiger partial charge in [0.1, 0.15) is 0 Å². The largest absolute Gasteiger partial charge is 0.453 e. The molecule has 0 unspecified atom stereocenters. The number of piperazine rings is 1. The highest BCUT2D eigenvalue weighted by Gasteiger charge is 2.22. The first-order valence-electron chi connectivity index (χ1n) is 9.49. The quantitative estimate of drug-likeness (QED) is 0.785. The molecule has 2 N–H and O–H groups in total. The lowest BCUT2D eigenvalue weighted by molar-refractivity contribution is 0.0885. The van der Waals surface area contributed by atoms with E-state index in [4.69, 9.17) is 4.74 Å². The molecule has 1 fully saturated rings. The summed E-state index contributed by atoms with van der Waals surface area (Å²) in [6.07, 6.45) is 2.74. The molecule has 0 bridgehead atoms. The summed E-state index contributed by atoms with van der Waals surface area (Å²) in [5, 5.41) is 5.15. The third-order valence-corrected chi connectivity index (χ3v) is 4.78. The molecule has 8 nitrogen and oxygen atoms in total. The molecule has 2 aromatic rings. The van der Waals surface area contributed by atoms with Gasteiger partial charge in [-0.3, -0.25) is 9.88 Å². The minimum atomic E-state index is -0.564. The van der Waals surface area contributed by atoms with E-state index >= 15 is 0 Å². The van der Waals surface area contributed by atoms with Gasteiger partial charge in [-0.1, -0.05) is 18.7 Å². The summed E-state index contributed by atoms with van der Waals surface area (Å²) in [5.41, 5.74) is 1.73. The molecule has 1 aromatic carbocycles. The number of urea groups is 1. The Balaban J connectivity index is 1.58. The number of amides is 3. The van der Waals surface area contributed by atoms with E-state index in [2.05, 4.69) is 27.1 Å². The Morgan fingerprint density at radius 1 is 1.20 bits per heavy atom. The number of carbonyl (C=O) groups is 2. The molecule has 9 heteroatoms. The smallest absolute Gasteiger partial charge is 0.409 e. The molecule has 1 aliphatic heterocycles. The fourth-order valence-corrected chi connectivity index (χ4v) is 3.14. The van der Waals surface area contributed by atoms with Crippen molar-refractivity contribution in [1.82, 2.24) is 14.8 Å². The molecular formula is C21H24FN5O3. The van der Waals surface area contributed by atoms with E-state index in [1.807, 2.05) is 0 Å². The van der Waals surface area contributed by atoms with Crippen molar-refractivity contribution >= 4 is 29.6 Å². The molecule has 158 valence electrons. The lowest BCUT2D eigenvalue weighted by atomic mass is 10.1. The van der Waals surface area contributed by atoms with E-state index in [1.54, 1.807) is 35.2 Å². The van der Waals surface area contributed by atoms with Crippen molar-refractivity contribution in [3.05, 3.63) is 60.2 Å². The monoisotopic (exact) mass is 413 g/mol. The Morgan fingerprint density at radius 3 is 2.60 bits per heavy atom. The maximum absolute atomic E-state index is 14.9. The predicted octanol–water partition coefficient (Wildman–Crippen LogP) is 3.39. The number of hydrogen-bond acceptors (Lipinski definition) is 5. The van der Waals surface area contributed by atoms with Crippen LogP contribution < -0.4 is 10.6 Å². The van der Waals surface area contributed by atoms with Crippen molar-refractivity contribution < 1.29 is 18.7 Å². The summed E-state index contributed by atoms with van der Waals surface area (Å²) in [7, 11) is 1.35. The molecule has 0 atom stereocenters. The fourth-order valence-electron chi connectivity index (χ4n) is 3.14. The zero-order valence-corrected chi connectivity index (χ0v) is 16.7. The first-order chi connectivity index (χ1) is 14.5. The average Bonchev–Trinajstić information content (AvgIpc) is 2.77. The molecule has 0 saturated carbocycles. The Hall–Kier alpha value is -3.46. The van der Waals surface area contributed by atoms with Gasteiger partial charge in [-0.05, 0) is 24.3 Å². The highest BCUT2D eigenvalue weighted by atomic mass is 19.1. The van der Waals surface area contributed by atoms with E-state index in [0.29, 0.717) is 49.7 Å². The molecule has 0 aliphatic carbocycles. The van der Waals surface area contributed by atoms with E-state index in [-0.39, 0.29) is 11.8 Å². The van der Waals surface area contributed by atoms with Crippen molar-refractivity contribution in [1.29, 1.82) is 0 Å². The van der Waals surface area contributed by atoms with Crippen molar-refractivity contribution in [3.63, 3.8) is 0 Å². The number of nitrogens with one attached hydrogen (secondary N) is 2. The predicted molar refractivity (Wildman–Crippen MR) is 113 cm³/mol. The Labute approximate surface area is 174 Å². The van der Waals surface area contributed by atoms with Crippen molar-refractivity contribution in [2.24, 2.45) is 0 Å². The standard InChI is InChI=1S/C21H24FN5O3/c1-3-16-7-8-17(13-23-16)24-20(28)25-18-6-4-5-15(19(18)22)14-26-9-11-27(12-10-26)21(29)30-2/h3-8,13H,1,9-12,14H2,2H3,(H2,24,25,28). The number of aromatic nitrogens is 1. The second-order valence-electron chi connectivity index (χ2n) is 6.77. The summed E-state index contributed by atoms with van der Waals surface area (Å²) in [6.45, 7) is 6.27. The van der Waals surface area contributed by atoms with Crippen molar-refractivity contribution in [3.8, 4) is 0 Å². The maximum atomic E-state index is 14.9. The SMILES string of the molecule is C=Cc1ccc(NC(=O)Nc2cccc(CN3CCN(C(=O)OC)CC3)c2F)cn1. The van der Waals surface area contributed by atoms with Crippen LogP contribution in [0, 0.1) is 5.82 Å². The number of hydrogen-bond donors (Lipinski definition) is 2. The van der Waals surface area contributed by atoms with Gasteiger partial charge in [-0.2, -0.15) is 0 Å². The van der Waals surface area contributed by atoms with E-state index in [9.17, 15) is 14.0 Å². The van der Waals surface area contributed by atoms with E-state index < -0.39 is 11.8 Å². The van der Waals surface area contributed by atoms with Gasteiger partial charge in [0, 0.05) is 38.3 Å². The van der Waals surface area contributed by atoms with Crippen molar-refractivity contribution in [2.75, 3.05) is 43.9 Å². The second-order valence-corrected chi connectivity index (χ2v) is 6.77. The molecule has 3 rings (SSSR count). The lowest BCUT2D eigenvalue weighted by Crippen LogP contribution is -2.48. The third kappa shape index (κ3) is 5.32. The van der Waals surface area contributed by atoms with Crippen LogP contribution in [0.1, 0.15) is 11.3 Å². The minimum Gasteiger partial charge on any atom is -0.453 e. The number of halogens is 1. The summed E-state index contributed by atoms with van der Waals surface area (Å²) in [4.78, 5) is 31.6. The molecule has 1 aliphatic rings. The Bertz CT molecular complexity index is 911. The normalized spacial score (nSPS) is 14.1. The highest BCUT2D eigenvalue weighted by Crippen LogP contribution is 2.21. The molecular weight excluding hydrogens is 389 g/mol. The highest BCUT2D eigenvalue weighted by molar-refractivity contribution is 5.99. The van der Waals surface area contributed by atoms with E-state index in [0.717, 1.165) is 0 Å². The molecule has 30 heavy (non-hydrogen) atoms. The van der Waals surface area contributed by atoms with Gasteiger partial charge >= 0.3 is 12.1 Å². The fraction of sp³-hybridized carbons (Fsp3) is 0.286. The Kier molecular flexibility index (Phi) is 6.97. The number of nitrogens with zero attached hydrogens (tertiary/aromatic N) is 3. The first kappa shape index (κ1) is 21.3. The topological polar surface area (TPSA) is 86.8 Å². The van der Waals surface area contributed by atoms with Crippen LogP contribution in [0.3, 0.4) is 0 Å². The van der Waals surface area contributed by atoms with Crippen LogP contribution in [0.25, 0.3) is 6.08 Å². The number of ether oxygens (including phenoxy) is 1. The molecule has 3 amide bonds. The average molecular weight is 413 g/mol. The zero-order chi connectivity index (χ0) is 21.5. The molecule has 1 saturated heterocycles. The summed E-state index contributed by atoms with van der Waals surface area (Å²) in [6, 6.07) is 7.72. The summed E-state index contributed by atoms with van der Waals surface area (Å²) in [5.74, 6) is -0.483. The zero-order valence-electron chi connectivity index (χ0n) is 16.7. The van der Waals surface area contributed by atoms with Gasteiger partial charge in [-0.25, -0.2) is 14.0 Å².